The van der Waals surface area contributed by atoms with E-state index >= 15 is 0 Å². The van der Waals surface area contributed by atoms with E-state index in [0.717, 1.165) is 28.3 Å². The van der Waals surface area contributed by atoms with Crippen LogP contribution < -0.4 is 4.90 Å². The van der Waals surface area contributed by atoms with Crippen LogP contribution in [-0.4, -0.2) is 43.9 Å². The van der Waals surface area contributed by atoms with Gasteiger partial charge in [0, 0.05) is 23.7 Å². The predicted molar refractivity (Wildman–Crippen MR) is 124 cm³/mol. The summed E-state index contributed by atoms with van der Waals surface area (Å²) in [6, 6.07) is 15.3. The van der Waals surface area contributed by atoms with Crippen molar-refractivity contribution in [3.63, 3.8) is 0 Å². The molecular formula is C23H21Cl2N5O. The third kappa shape index (κ3) is 3.76. The summed E-state index contributed by atoms with van der Waals surface area (Å²) in [5.41, 5.74) is 4.12. The summed E-state index contributed by atoms with van der Waals surface area (Å²) in [5, 5.41) is 16.2. The Morgan fingerprint density at radius 1 is 0.968 bits per heavy atom. The van der Waals surface area contributed by atoms with Crippen molar-refractivity contribution < 1.29 is 5.11 Å². The number of rotatable bonds is 3. The summed E-state index contributed by atoms with van der Waals surface area (Å²) in [5.74, 6) is 1.39. The van der Waals surface area contributed by atoms with E-state index in [1.165, 1.54) is 0 Å². The van der Waals surface area contributed by atoms with E-state index in [-0.39, 0.29) is 6.10 Å². The van der Waals surface area contributed by atoms with Crippen molar-refractivity contribution in [3.8, 4) is 22.4 Å². The van der Waals surface area contributed by atoms with Gasteiger partial charge >= 0.3 is 0 Å². The summed E-state index contributed by atoms with van der Waals surface area (Å²) >= 11 is 12.7. The minimum atomic E-state index is -0.268. The minimum Gasteiger partial charge on any atom is -0.393 e. The van der Waals surface area contributed by atoms with E-state index in [2.05, 4.69) is 4.90 Å². The summed E-state index contributed by atoms with van der Waals surface area (Å²) in [6.07, 6.45) is 1.14. The average molecular weight is 454 g/mol. The van der Waals surface area contributed by atoms with Crippen molar-refractivity contribution in [2.75, 3.05) is 18.0 Å². The van der Waals surface area contributed by atoms with Gasteiger partial charge in [0.05, 0.1) is 16.7 Å². The van der Waals surface area contributed by atoms with Gasteiger partial charge in [-0.15, -0.1) is 0 Å². The van der Waals surface area contributed by atoms with Gasteiger partial charge in [0.2, 0.25) is 5.95 Å². The highest BCUT2D eigenvalue weighted by atomic mass is 35.5. The molecule has 0 unspecified atom stereocenters. The molecule has 0 aliphatic carbocycles. The summed E-state index contributed by atoms with van der Waals surface area (Å²) < 4.78 is 1.80. The van der Waals surface area contributed by atoms with Crippen molar-refractivity contribution in [2.45, 2.75) is 25.9 Å². The van der Waals surface area contributed by atoms with E-state index in [1.54, 1.807) is 4.52 Å². The van der Waals surface area contributed by atoms with Gasteiger partial charge in [-0.3, -0.25) is 0 Å². The zero-order valence-corrected chi connectivity index (χ0v) is 18.5. The van der Waals surface area contributed by atoms with Crippen LogP contribution in [0.1, 0.15) is 18.7 Å². The molecule has 158 valence electrons. The van der Waals surface area contributed by atoms with Gasteiger partial charge < -0.3 is 10.0 Å². The highest BCUT2D eigenvalue weighted by Crippen LogP contribution is 2.39. The Kier molecular flexibility index (Phi) is 5.30. The minimum absolute atomic E-state index is 0.268. The van der Waals surface area contributed by atoms with E-state index < -0.39 is 0 Å². The quantitative estimate of drug-likeness (QED) is 0.470. The van der Waals surface area contributed by atoms with Crippen molar-refractivity contribution in [1.29, 1.82) is 0 Å². The van der Waals surface area contributed by atoms with Crippen molar-refractivity contribution in [1.82, 2.24) is 19.6 Å². The molecule has 0 amide bonds. The number of aromatic nitrogens is 4. The number of hydrogen-bond acceptors (Lipinski definition) is 5. The fourth-order valence-corrected chi connectivity index (χ4v) is 4.37. The first kappa shape index (κ1) is 20.2. The number of fused-ring (bicyclic) bond motifs is 1. The van der Waals surface area contributed by atoms with E-state index in [9.17, 15) is 5.11 Å². The molecule has 8 heteroatoms. The number of halogens is 2. The first-order valence-corrected chi connectivity index (χ1v) is 11.0. The van der Waals surface area contributed by atoms with Crippen LogP contribution in [-0.2, 0) is 0 Å². The first-order chi connectivity index (χ1) is 15.0. The second-order valence-electron chi connectivity index (χ2n) is 7.73. The summed E-state index contributed by atoms with van der Waals surface area (Å²) in [6.45, 7) is 3.31. The summed E-state index contributed by atoms with van der Waals surface area (Å²) in [4.78, 5) is 11.6. The van der Waals surface area contributed by atoms with Gasteiger partial charge in [0.15, 0.2) is 5.65 Å². The van der Waals surface area contributed by atoms with E-state index in [4.69, 9.17) is 38.3 Å². The number of aliphatic hydroxyl groups is 1. The summed E-state index contributed by atoms with van der Waals surface area (Å²) in [7, 11) is 0. The molecule has 0 radical (unpaired) electrons. The molecule has 0 saturated carbocycles. The number of piperidine rings is 1. The molecule has 4 aromatic rings. The normalized spacial score (nSPS) is 15.0. The molecule has 1 N–H and O–H groups in total. The lowest BCUT2D eigenvalue weighted by Gasteiger charge is -2.30. The molecule has 5 rings (SSSR count). The van der Waals surface area contributed by atoms with Crippen molar-refractivity contribution in [2.24, 2.45) is 0 Å². The van der Waals surface area contributed by atoms with Crippen molar-refractivity contribution >= 4 is 34.8 Å². The smallest absolute Gasteiger partial charge is 0.230 e. The van der Waals surface area contributed by atoms with Crippen LogP contribution in [0.25, 0.3) is 28.0 Å². The van der Waals surface area contributed by atoms with Gasteiger partial charge in [-0.05, 0) is 43.5 Å². The highest BCUT2D eigenvalue weighted by molar-refractivity contribution is 6.33. The fourth-order valence-electron chi connectivity index (χ4n) is 4.02. The molecule has 1 aliphatic heterocycles. The van der Waals surface area contributed by atoms with E-state index in [0.29, 0.717) is 47.4 Å². The molecule has 2 aromatic carbocycles. The number of hydrogen-bond donors (Lipinski definition) is 1. The van der Waals surface area contributed by atoms with Gasteiger partial charge in [-0.2, -0.15) is 14.6 Å². The largest absolute Gasteiger partial charge is 0.393 e. The van der Waals surface area contributed by atoms with Gasteiger partial charge in [-0.1, -0.05) is 53.5 Å². The molecule has 0 bridgehead atoms. The molecule has 0 spiro atoms. The van der Waals surface area contributed by atoms with Gasteiger partial charge in [0.1, 0.15) is 11.5 Å². The molecule has 6 nitrogen and oxygen atoms in total. The second-order valence-corrected chi connectivity index (χ2v) is 8.58. The molecule has 0 atom stereocenters. The highest BCUT2D eigenvalue weighted by Gasteiger charge is 2.26. The van der Waals surface area contributed by atoms with E-state index in [1.807, 2.05) is 55.5 Å². The first-order valence-electron chi connectivity index (χ1n) is 10.2. The maximum atomic E-state index is 9.93. The van der Waals surface area contributed by atoms with Crippen LogP contribution in [0.15, 0.2) is 48.5 Å². The van der Waals surface area contributed by atoms with Gasteiger partial charge in [0.25, 0.3) is 0 Å². The van der Waals surface area contributed by atoms with Crippen molar-refractivity contribution in [3.05, 3.63) is 64.4 Å². The molecule has 2 aromatic heterocycles. The number of aliphatic hydroxyl groups excluding tert-OH is 1. The second kappa shape index (κ2) is 8.11. The topological polar surface area (TPSA) is 66.5 Å². The Morgan fingerprint density at radius 3 is 2.39 bits per heavy atom. The number of benzene rings is 2. The third-order valence-corrected chi connectivity index (χ3v) is 6.17. The van der Waals surface area contributed by atoms with Crippen LogP contribution >= 0.6 is 23.2 Å². The predicted octanol–water partition coefficient (Wildman–Crippen LogP) is 5.03. The molecule has 1 aliphatic rings. The molecular weight excluding hydrogens is 433 g/mol. The number of aryl methyl sites for hydroxylation is 1. The Bertz CT molecular complexity index is 1250. The number of anilines is 1. The lowest BCUT2D eigenvalue weighted by Crippen LogP contribution is -2.37. The Hall–Kier alpha value is -2.67. The molecule has 1 saturated heterocycles. The molecule has 1 fully saturated rings. The third-order valence-electron chi connectivity index (χ3n) is 5.59. The lowest BCUT2D eigenvalue weighted by molar-refractivity contribution is 0.145. The van der Waals surface area contributed by atoms with Crippen LogP contribution in [0, 0.1) is 6.92 Å². The van der Waals surface area contributed by atoms with Gasteiger partial charge in [-0.25, -0.2) is 4.98 Å². The van der Waals surface area contributed by atoms with Crippen LogP contribution in [0.5, 0.6) is 0 Å². The lowest BCUT2D eigenvalue weighted by atomic mass is 10.0. The standard InChI is InChI=1S/C23H21Cl2N5O/c1-14-26-22-20(15-6-8-16(24)9-7-15)21(18-4-2-3-5-19(18)25)28-30(22)23(27-14)29-12-10-17(31)11-13-29/h2-9,17,31H,10-13H2,1H3. The maximum Gasteiger partial charge on any atom is 0.230 e. The Labute approximate surface area is 190 Å². The zero-order valence-electron chi connectivity index (χ0n) is 17.0. The molecule has 31 heavy (non-hydrogen) atoms. The Morgan fingerprint density at radius 2 is 1.68 bits per heavy atom. The number of nitrogens with zero attached hydrogens (tertiary/aromatic N) is 5. The SMILES string of the molecule is Cc1nc(N2CCC(O)CC2)n2nc(-c3ccccc3Cl)c(-c3ccc(Cl)cc3)c2n1. The molecule has 3 heterocycles. The average Bonchev–Trinajstić information content (AvgIpc) is 3.13. The Balaban J connectivity index is 1.79. The van der Waals surface area contributed by atoms with Crippen LogP contribution in [0.2, 0.25) is 10.0 Å². The maximum absolute atomic E-state index is 9.93. The van der Waals surface area contributed by atoms with Crippen LogP contribution in [0.3, 0.4) is 0 Å². The fraction of sp³-hybridized carbons (Fsp3) is 0.261. The zero-order chi connectivity index (χ0) is 21.5. The monoisotopic (exact) mass is 453 g/mol. The van der Waals surface area contributed by atoms with Crippen LogP contribution in [0.4, 0.5) is 5.95 Å².